The second kappa shape index (κ2) is 6.36. The van der Waals surface area contributed by atoms with Gasteiger partial charge in [0.15, 0.2) is 0 Å². The third-order valence-corrected chi connectivity index (χ3v) is 4.70. The van der Waals surface area contributed by atoms with E-state index >= 15 is 0 Å². The number of fused-ring (bicyclic) bond motifs is 1. The van der Waals surface area contributed by atoms with E-state index in [-0.39, 0.29) is 12.5 Å². The van der Waals surface area contributed by atoms with Gasteiger partial charge >= 0.3 is 0 Å². The van der Waals surface area contributed by atoms with Gasteiger partial charge in [0.2, 0.25) is 5.91 Å². The van der Waals surface area contributed by atoms with Crippen LogP contribution in [0.25, 0.3) is 0 Å². The smallest absolute Gasteiger partial charge is 0.244 e. The molecular formula is C14H19N5OS. The maximum atomic E-state index is 12.3. The Labute approximate surface area is 127 Å². The molecule has 3 rings (SSSR count). The molecule has 7 heteroatoms. The molecule has 1 amide bonds. The molecule has 1 aliphatic rings. The predicted octanol–water partition coefficient (Wildman–Crippen LogP) is 0.816. The first kappa shape index (κ1) is 14.2. The molecule has 0 fully saturated rings. The summed E-state index contributed by atoms with van der Waals surface area (Å²) in [6, 6.07) is 2.11. The number of carbonyl (C=O) groups excluding carboxylic acids is 1. The third kappa shape index (κ3) is 3.30. The summed E-state index contributed by atoms with van der Waals surface area (Å²) in [5.41, 5.74) is 7.65. The average Bonchev–Trinajstić information content (AvgIpc) is 3.12. The molecule has 0 atom stereocenters. The van der Waals surface area contributed by atoms with Gasteiger partial charge in [-0.3, -0.25) is 4.79 Å². The predicted molar refractivity (Wildman–Crippen MR) is 80.8 cm³/mol. The van der Waals surface area contributed by atoms with Gasteiger partial charge in [0.05, 0.1) is 5.69 Å². The molecule has 0 spiro atoms. The van der Waals surface area contributed by atoms with Crippen molar-refractivity contribution >= 4 is 17.2 Å². The van der Waals surface area contributed by atoms with Crippen molar-refractivity contribution in [3.05, 3.63) is 33.8 Å². The van der Waals surface area contributed by atoms with Crippen molar-refractivity contribution in [1.29, 1.82) is 0 Å². The summed E-state index contributed by atoms with van der Waals surface area (Å²) in [5, 5.41) is 10.2. The van der Waals surface area contributed by atoms with Crippen LogP contribution < -0.4 is 5.73 Å². The highest BCUT2D eigenvalue weighted by molar-refractivity contribution is 7.10. The Bertz CT molecular complexity index is 620. The number of carbonyl (C=O) groups is 1. The van der Waals surface area contributed by atoms with Gasteiger partial charge < -0.3 is 10.6 Å². The van der Waals surface area contributed by atoms with Gasteiger partial charge in [-0.2, -0.15) is 0 Å². The van der Waals surface area contributed by atoms with E-state index in [0.717, 1.165) is 31.5 Å². The van der Waals surface area contributed by atoms with Crippen molar-refractivity contribution < 1.29 is 4.79 Å². The Kier molecular flexibility index (Phi) is 4.31. The molecule has 6 nitrogen and oxygen atoms in total. The fourth-order valence-electron chi connectivity index (χ4n) is 2.51. The summed E-state index contributed by atoms with van der Waals surface area (Å²) in [7, 11) is 0. The summed E-state index contributed by atoms with van der Waals surface area (Å²) < 4.78 is 1.62. The first-order valence-corrected chi connectivity index (χ1v) is 8.06. The van der Waals surface area contributed by atoms with E-state index in [1.54, 1.807) is 16.0 Å². The molecule has 0 radical (unpaired) electrons. The van der Waals surface area contributed by atoms with Crippen LogP contribution in [-0.2, 0) is 30.7 Å². The van der Waals surface area contributed by atoms with E-state index in [0.29, 0.717) is 13.1 Å². The Morgan fingerprint density at radius 3 is 3.24 bits per heavy atom. The van der Waals surface area contributed by atoms with E-state index in [9.17, 15) is 4.79 Å². The second-order valence-corrected chi connectivity index (χ2v) is 6.23. The summed E-state index contributed by atoms with van der Waals surface area (Å²) in [4.78, 5) is 15.6. The minimum absolute atomic E-state index is 0.0992. The zero-order chi connectivity index (χ0) is 14.7. The highest BCUT2D eigenvalue weighted by Crippen LogP contribution is 2.24. The van der Waals surface area contributed by atoms with E-state index in [1.165, 1.54) is 10.4 Å². The highest BCUT2D eigenvalue weighted by atomic mass is 32.1. The Balaban J connectivity index is 1.58. The summed E-state index contributed by atoms with van der Waals surface area (Å²) in [6.45, 7) is 2.41. The molecule has 3 heterocycles. The van der Waals surface area contributed by atoms with Crippen molar-refractivity contribution in [3.8, 4) is 0 Å². The van der Waals surface area contributed by atoms with Crippen molar-refractivity contribution in [2.24, 2.45) is 5.73 Å². The molecule has 0 saturated carbocycles. The third-order valence-electron chi connectivity index (χ3n) is 3.68. The van der Waals surface area contributed by atoms with Gasteiger partial charge in [-0.15, -0.1) is 16.4 Å². The minimum Gasteiger partial charge on any atom is -0.336 e. The monoisotopic (exact) mass is 305 g/mol. The van der Waals surface area contributed by atoms with Crippen molar-refractivity contribution in [2.45, 2.75) is 32.4 Å². The van der Waals surface area contributed by atoms with Gasteiger partial charge in [-0.05, 0) is 42.8 Å². The second-order valence-electron chi connectivity index (χ2n) is 5.23. The molecule has 0 unspecified atom stereocenters. The minimum atomic E-state index is 0.0992. The van der Waals surface area contributed by atoms with Crippen LogP contribution in [0.5, 0.6) is 0 Å². The van der Waals surface area contributed by atoms with E-state index in [1.807, 2.05) is 11.1 Å². The Hall–Kier alpha value is -1.73. The van der Waals surface area contributed by atoms with Crippen molar-refractivity contribution in [1.82, 2.24) is 19.9 Å². The van der Waals surface area contributed by atoms with Gasteiger partial charge in [-0.25, -0.2) is 4.68 Å². The molecular weight excluding hydrogens is 286 g/mol. The molecule has 0 aromatic carbocycles. The topological polar surface area (TPSA) is 77.0 Å². The number of rotatable bonds is 5. The average molecular weight is 305 g/mol. The molecule has 0 aliphatic carbocycles. The fourth-order valence-corrected chi connectivity index (χ4v) is 3.40. The highest BCUT2D eigenvalue weighted by Gasteiger charge is 2.21. The molecule has 2 aromatic heterocycles. The van der Waals surface area contributed by atoms with Crippen LogP contribution in [0.15, 0.2) is 17.6 Å². The van der Waals surface area contributed by atoms with E-state index in [2.05, 4.69) is 21.8 Å². The molecule has 2 aromatic rings. The van der Waals surface area contributed by atoms with Gasteiger partial charge in [0.1, 0.15) is 6.54 Å². The number of amides is 1. The van der Waals surface area contributed by atoms with Crippen LogP contribution in [0, 0.1) is 0 Å². The van der Waals surface area contributed by atoms with Gasteiger partial charge in [-0.1, -0.05) is 5.21 Å². The number of hydrogen-bond acceptors (Lipinski definition) is 5. The van der Waals surface area contributed by atoms with Crippen LogP contribution in [0.3, 0.4) is 0 Å². The van der Waals surface area contributed by atoms with Gasteiger partial charge in [0.25, 0.3) is 0 Å². The first-order valence-electron chi connectivity index (χ1n) is 7.18. The summed E-state index contributed by atoms with van der Waals surface area (Å²) in [5.74, 6) is 0.0992. The van der Waals surface area contributed by atoms with Crippen LogP contribution in [0.1, 0.15) is 22.6 Å². The Morgan fingerprint density at radius 2 is 2.38 bits per heavy atom. The zero-order valence-electron chi connectivity index (χ0n) is 11.9. The quantitative estimate of drug-likeness (QED) is 0.887. The van der Waals surface area contributed by atoms with Crippen LogP contribution in [0.2, 0.25) is 0 Å². The van der Waals surface area contributed by atoms with Crippen molar-refractivity contribution in [2.75, 3.05) is 13.1 Å². The number of thiophene rings is 1. The summed E-state index contributed by atoms with van der Waals surface area (Å²) >= 11 is 1.78. The molecule has 1 aliphatic heterocycles. The van der Waals surface area contributed by atoms with Crippen LogP contribution in [0.4, 0.5) is 0 Å². The van der Waals surface area contributed by atoms with E-state index in [4.69, 9.17) is 5.73 Å². The number of nitrogens with two attached hydrogens (primary N) is 1. The standard InChI is InChI=1S/C14H19N5OS/c15-5-1-2-12-9-19(17-16-12)10-14(20)18-6-3-13-11(8-18)4-7-21-13/h4,7,9H,1-3,5-6,8,10,15H2. The Morgan fingerprint density at radius 1 is 1.48 bits per heavy atom. The SMILES string of the molecule is NCCCc1cn(CC(=O)N2CCc3sccc3C2)nn1. The lowest BCUT2D eigenvalue weighted by atomic mass is 10.1. The lowest BCUT2D eigenvalue weighted by Gasteiger charge is -2.26. The lowest BCUT2D eigenvalue weighted by Crippen LogP contribution is -2.37. The molecule has 0 bridgehead atoms. The van der Waals surface area contributed by atoms with Gasteiger partial charge in [0, 0.05) is 24.2 Å². The molecule has 21 heavy (non-hydrogen) atoms. The summed E-state index contributed by atoms with van der Waals surface area (Å²) in [6.07, 6.45) is 4.50. The maximum absolute atomic E-state index is 12.3. The van der Waals surface area contributed by atoms with E-state index < -0.39 is 0 Å². The van der Waals surface area contributed by atoms with Crippen molar-refractivity contribution in [3.63, 3.8) is 0 Å². The number of nitrogens with zero attached hydrogens (tertiary/aromatic N) is 4. The van der Waals surface area contributed by atoms with Crippen LogP contribution >= 0.6 is 11.3 Å². The molecule has 112 valence electrons. The number of hydrogen-bond donors (Lipinski definition) is 1. The fraction of sp³-hybridized carbons (Fsp3) is 0.500. The largest absolute Gasteiger partial charge is 0.336 e. The number of aromatic nitrogens is 3. The molecule has 2 N–H and O–H groups in total. The zero-order valence-corrected chi connectivity index (χ0v) is 12.7. The normalized spacial score (nSPS) is 14.2. The number of aryl methyl sites for hydroxylation is 1. The van der Waals surface area contributed by atoms with Crippen LogP contribution in [-0.4, -0.2) is 38.9 Å². The maximum Gasteiger partial charge on any atom is 0.244 e. The lowest BCUT2D eigenvalue weighted by molar-refractivity contribution is -0.133. The first-order chi connectivity index (χ1) is 10.3. The molecule has 0 saturated heterocycles.